The predicted octanol–water partition coefficient (Wildman–Crippen LogP) is 5.00. The van der Waals surface area contributed by atoms with Gasteiger partial charge in [0.25, 0.3) is 0 Å². The number of rotatable bonds is 0. The largest absolute Gasteiger partial charge is 0.462 e. The van der Waals surface area contributed by atoms with Crippen LogP contribution in [0.1, 0.15) is 0 Å². The van der Waals surface area contributed by atoms with E-state index >= 15 is 0 Å². The third-order valence-corrected chi connectivity index (χ3v) is 3.32. The van der Waals surface area contributed by atoms with E-state index in [4.69, 9.17) is 16.0 Å². The Morgan fingerprint density at radius 2 is 1.87 bits per heavy atom. The molecule has 74 valence electrons. The van der Waals surface area contributed by atoms with Crippen LogP contribution in [0.25, 0.3) is 21.7 Å². The smallest absolute Gasteiger partial charge is 0.142 e. The first-order valence-electron chi connectivity index (χ1n) is 4.51. The standard InChI is InChI=1S/C12H6BrClO/c13-11-6-15-12-9-4-2-8(14)5-7(9)1-3-10(11)12/h1-6H. The van der Waals surface area contributed by atoms with Gasteiger partial charge in [-0.1, -0.05) is 17.7 Å². The lowest BCUT2D eigenvalue weighted by molar-refractivity contribution is 0.617. The molecule has 0 aliphatic rings. The molecule has 0 saturated carbocycles. The predicted molar refractivity (Wildman–Crippen MR) is 66.4 cm³/mol. The Balaban J connectivity index is 2.55. The highest BCUT2D eigenvalue weighted by Crippen LogP contribution is 2.32. The summed E-state index contributed by atoms with van der Waals surface area (Å²) in [5.41, 5.74) is 0.899. The van der Waals surface area contributed by atoms with Crippen LogP contribution in [0.15, 0.2) is 45.5 Å². The molecular weight excluding hydrogens is 275 g/mol. The van der Waals surface area contributed by atoms with E-state index in [9.17, 15) is 0 Å². The normalized spacial score (nSPS) is 11.3. The van der Waals surface area contributed by atoms with Crippen LogP contribution in [-0.2, 0) is 0 Å². The Morgan fingerprint density at radius 1 is 1.07 bits per heavy atom. The Bertz CT molecular complexity index is 657. The lowest BCUT2D eigenvalue weighted by atomic mass is 10.1. The average Bonchev–Trinajstić information content (AvgIpc) is 2.60. The molecule has 1 aromatic heterocycles. The van der Waals surface area contributed by atoms with Crippen molar-refractivity contribution in [3.63, 3.8) is 0 Å². The second-order valence-electron chi connectivity index (χ2n) is 3.39. The lowest BCUT2D eigenvalue weighted by Crippen LogP contribution is -1.73. The molecule has 0 aliphatic carbocycles. The summed E-state index contributed by atoms with van der Waals surface area (Å²) in [5, 5.41) is 4.01. The molecule has 1 nitrogen and oxygen atoms in total. The number of furan rings is 1. The molecule has 0 N–H and O–H groups in total. The summed E-state index contributed by atoms with van der Waals surface area (Å²) in [5.74, 6) is 0. The van der Waals surface area contributed by atoms with Crippen LogP contribution in [0, 0.1) is 0 Å². The van der Waals surface area contributed by atoms with Gasteiger partial charge < -0.3 is 4.42 Å². The summed E-state index contributed by atoms with van der Waals surface area (Å²) in [6.45, 7) is 0. The van der Waals surface area contributed by atoms with Gasteiger partial charge in [-0.05, 0) is 45.6 Å². The molecule has 0 aliphatic heterocycles. The van der Waals surface area contributed by atoms with Crippen molar-refractivity contribution in [2.45, 2.75) is 0 Å². The van der Waals surface area contributed by atoms with E-state index in [2.05, 4.69) is 15.9 Å². The topological polar surface area (TPSA) is 13.1 Å². The van der Waals surface area contributed by atoms with Crippen molar-refractivity contribution in [1.82, 2.24) is 0 Å². The number of halogens is 2. The fourth-order valence-electron chi connectivity index (χ4n) is 1.76. The highest BCUT2D eigenvalue weighted by atomic mass is 79.9. The molecule has 0 saturated heterocycles. The van der Waals surface area contributed by atoms with E-state index in [1.165, 1.54) is 0 Å². The maximum absolute atomic E-state index is 5.94. The number of hydrogen-bond acceptors (Lipinski definition) is 1. The summed E-state index contributed by atoms with van der Waals surface area (Å²) >= 11 is 9.38. The maximum Gasteiger partial charge on any atom is 0.142 e. The van der Waals surface area contributed by atoms with E-state index in [0.29, 0.717) is 0 Å². The molecule has 1 heterocycles. The first kappa shape index (κ1) is 9.25. The van der Waals surface area contributed by atoms with E-state index in [0.717, 1.165) is 31.2 Å². The molecule has 0 bridgehead atoms. The van der Waals surface area contributed by atoms with Crippen molar-refractivity contribution < 1.29 is 4.42 Å². The monoisotopic (exact) mass is 280 g/mol. The summed E-state index contributed by atoms with van der Waals surface area (Å²) in [4.78, 5) is 0. The van der Waals surface area contributed by atoms with Crippen molar-refractivity contribution in [2.24, 2.45) is 0 Å². The fourth-order valence-corrected chi connectivity index (χ4v) is 2.35. The molecule has 0 fully saturated rings. The van der Waals surface area contributed by atoms with Gasteiger partial charge in [0.15, 0.2) is 0 Å². The Morgan fingerprint density at radius 3 is 2.73 bits per heavy atom. The van der Waals surface area contributed by atoms with Crippen LogP contribution >= 0.6 is 27.5 Å². The van der Waals surface area contributed by atoms with Gasteiger partial charge in [0, 0.05) is 15.8 Å². The maximum atomic E-state index is 5.94. The summed E-state index contributed by atoms with van der Waals surface area (Å²) in [6, 6.07) is 9.87. The summed E-state index contributed by atoms with van der Waals surface area (Å²) in [6.07, 6.45) is 1.71. The van der Waals surface area contributed by atoms with Crippen molar-refractivity contribution in [3.05, 3.63) is 46.1 Å². The van der Waals surface area contributed by atoms with Crippen molar-refractivity contribution in [2.75, 3.05) is 0 Å². The van der Waals surface area contributed by atoms with Gasteiger partial charge in [0.2, 0.25) is 0 Å². The minimum absolute atomic E-state index is 0.743. The highest BCUT2D eigenvalue weighted by Gasteiger charge is 2.07. The van der Waals surface area contributed by atoms with E-state index in [-0.39, 0.29) is 0 Å². The highest BCUT2D eigenvalue weighted by molar-refractivity contribution is 9.10. The average molecular weight is 282 g/mol. The van der Waals surface area contributed by atoms with Gasteiger partial charge >= 0.3 is 0 Å². The second-order valence-corrected chi connectivity index (χ2v) is 4.68. The molecule has 0 spiro atoms. The van der Waals surface area contributed by atoms with Crippen LogP contribution in [0.2, 0.25) is 5.02 Å². The zero-order chi connectivity index (χ0) is 10.4. The van der Waals surface area contributed by atoms with Crippen LogP contribution in [0.4, 0.5) is 0 Å². The number of fused-ring (bicyclic) bond motifs is 3. The molecular formula is C12H6BrClO. The minimum atomic E-state index is 0.743. The molecule has 15 heavy (non-hydrogen) atoms. The van der Waals surface area contributed by atoms with Crippen LogP contribution in [0.5, 0.6) is 0 Å². The lowest BCUT2D eigenvalue weighted by Gasteiger charge is -1.99. The molecule has 0 unspecified atom stereocenters. The number of hydrogen-bond donors (Lipinski definition) is 0. The third-order valence-electron chi connectivity index (χ3n) is 2.47. The van der Waals surface area contributed by atoms with E-state index < -0.39 is 0 Å². The molecule has 3 rings (SSSR count). The van der Waals surface area contributed by atoms with Gasteiger partial charge in [0.1, 0.15) is 11.8 Å². The fraction of sp³-hybridized carbons (Fsp3) is 0. The Labute approximate surface area is 99.8 Å². The second kappa shape index (κ2) is 3.26. The zero-order valence-corrected chi connectivity index (χ0v) is 9.97. The SMILES string of the molecule is Clc1ccc2c(ccc3c(Br)coc32)c1. The van der Waals surface area contributed by atoms with Crippen molar-refractivity contribution in [1.29, 1.82) is 0 Å². The summed E-state index contributed by atoms with van der Waals surface area (Å²) in [7, 11) is 0. The van der Waals surface area contributed by atoms with Crippen LogP contribution in [0.3, 0.4) is 0 Å². The van der Waals surface area contributed by atoms with Gasteiger partial charge in [-0.3, -0.25) is 0 Å². The molecule has 2 aromatic carbocycles. The molecule has 0 amide bonds. The first-order chi connectivity index (χ1) is 7.25. The Hall–Kier alpha value is -0.990. The van der Waals surface area contributed by atoms with Crippen LogP contribution in [-0.4, -0.2) is 0 Å². The van der Waals surface area contributed by atoms with Gasteiger partial charge in [-0.2, -0.15) is 0 Å². The third kappa shape index (κ3) is 1.36. The Kier molecular flexibility index (Phi) is 2.01. The first-order valence-corrected chi connectivity index (χ1v) is 5.68. The number of benzene rings is 2. The quantitative estimate of drug-likeness (QED) is 0.565. The van der Waals surface area contributed by atoms with Gasteiger partial charge in [-0.25, -0.2) is 0 Å². The zero-order valence-electron chi connectivity index (χ0n) is 7.63. The molecule has 3 heteroatoms. The molecule has 3 aromatic rings. The van der Waals surface area contributed by atoms with Crippen LogP contribution < -0.4 is 0 Å². The van der Waals surface area contributed by atoms with E-state index in [1.807, 2.05) is 30.3 Å². The minimum Gasteiger partial charge on any atom is -0.462 e. The van der Waals surface area contributed by atoms with Crippen molar-refractivity contribution >= 4 is 49.3 Å². The molecule has 0 atom stereocenters. The van der Waals surface area contributed by atoms with E-state index in [1.54, 1.807) is 6.26 Å². The molecule has 0 radical (unpaired) electrons. The van der Waals surface area contributed by atoms with Gasteiger partial charge in [0.05, 0.1) is 4.47 Å². The van der Waals surface area contributed by atoms with Crippen molar-refractivity contribution in [3.8, 4) is 0 Å². The van der Waals surface area contributed by atoms with Gasteiger partial charge in [-0.15, -0.1) is 0 Å². The summed E-state index contributed by atoms with van der Waals surface area (Å²) < 4.78 is 6.49.